The lowest BCUT2D eigenvalue weighted by molar-refractivity contribution is -0.118. The van der Waals surface area contributed by atoms with Crippen LogP contribution in [0.15, 0.2) is 18.3 Å². The molecule has 0 saturated carbocycles. The summed E-state index contributed by atoms with van der Waals surface area (Å²) in [5, 5.41) is 14.3. The molecule has 6 heteroatoms. The van der Waals surface area contributed by atoms with Crippen molar-refractivity contribution >= 4 is 17.6 Å². The van der Waals surface area contributed by atoms with E-state index in [9.17, 15) is 9.59 Å². The van der Waals surface area contributed by atoms with Gasteiger partial charge in [0.25, 0.3) is 0 Å². The van der Waals surface area contributed by atoms with Crippen LogP contribution in [0.3, 0.4) is 0 Å². The molecule has 1 aromatic rings. The van der Waals surface area contributed by atoms with E-state index < -0.39 is 5.97 Å². The highest BCUT2D eigenvalue weighted by molar-refractivity contribution is 5.86. The molecule has 0 aliphatic heterocycles. The maximum atomic E-state index is 10.6. The number of nitrogens with one attached hydrogen (secondary N) is 2. The number of carbonyl (C=O) groups excluding carboxylic acids is 1. The van der Waals surface area contributed by atoms with Crippen LogP contribution in [0, 0.1) is 0 Å². The summed E-state index contributed by atoms with van der Waals surface area (Å²) in [6.07, 6.45) is 1.42. The van der Waals surface area contributed by atoms with Crippen molar-refractivity contribution in [2.45, 2.75) is 6.92 Å². The molecule has 1 heterocycles. The number of hydrogen-bond acceptors (Lipinski definition) is 4. The minimum atomic E-state index is -1.06. The summed E-state index contributed by atoms with van der Waals surface area (Å²) in [6, 6.07) is 3.11. The van der Waals surface area contributed by atoms with Crippen molar-refractivity contribution < 1.29 is 14.7 Å². The second kappa shape index (κ2) is 5.69. The van der Waals surface area contributed by atoms with Gasteiger partial charge >= 0.3 is 5.97 Å². The third kappa shape index (κ3) is 3.95. The molecule has 0 aliphatic rings. The van der Waals surface area contributed by atoms with Crippen molar-refractivity contribution in [3.05, 3.63) is 24.0 Å². The van der Waals surface area contributed by atoms with Crippen LogP contribution in [-0.4, -0.2) is 35.1 Å². The fourth-order valence-corrected chi connectivity index (χ4v) is 1.10. The molecule has 0 aliphatic carbocycles. The zero-order valence-electron chi connectivity index (χ0n) is 8.86. The highest BCUT2D eigenvalue weighted by Gasteiger charge is 2.04. The second-order valence-corrected chi connectivity index (χ2v) is 3.14. The van der Waals surface area contributed by atoms with Gasteiger partial charge in [0.1, 0.15) is 5.69 Å². The van der Waals surface area contributed by atoms with Gasteiger partial charge in [0.15, 0.2) is 0 Å². The van der Waals surface area contributed by atoms with E-state index in [1.807, 2.05) is 0 Å². The highest BCUT2D eigenvalue weighted by Crippen LogP contribution is 2.06. The fraction of sp³-hybridized carbons (Fsp3) is 0.300. The maximum absolute atomic E-state index is 10.6. The van der Waals surface area contributed by atoms with Gasteiger partial charge in [0, 0.05) is 31.9 Å². The van der Waals surface area contributed by atoms with Gasteiger partial charge in [-0.15, -0.1) is 0 Å². The summed E-state index contributed by atoms with van der Waals surface area (Å²) in [7, 11) is 0. The summed E-state index contributed by atoms with van der Waals surface area (Å²) in [5.41, 5.74) is 0.655. The van der Waals surface area contributed by atoms with Crippen LogP contribution in [0.5, 0.6) is 0 Å². The van der Waals surface area contributed by atoms with Gasteiger partial charge < -0.3 is 15.7 Å². The number of hydrogen-bond donors (Lipinski definition) is 3. The molecule has 16 heavy (non-hydrogen) atoms. The van der Waals surface area contributed by atoms with E-state index >= 15 is 0 Å². The van der Waals surface area contributed by atoms with Crippen LogP contribution in [0.4, 0.5) is 5.69 Å². The molecule has 0 bridgehead atoms. The normalized spacial score (nSPS) is 9.56. The summed E-state index contributed by atoms with van der Waals surface area (Å²) >= 11 is 0. The molecular weight excluding hydrogens is 210 g/mol. The van der Waals surface area contributed by atoms with Gasteiger partial charge in [-0.25, -0.2) is 9.78 Å². The predicted molar refractivity (Wildman–Crippen MR) is 58.4 cm³/mol. The lowest BCUT2D eigenvalue weighted by Gasteiger charge is -2.06. The highest BCUT2D eigenvalue weighted by atomic mass is 16.4. The molecule has 3 N–H and O–H groups in total. The van der Waals surface area contributed by atoms with Gasteiger partial charge in [-0.1, -0.05) is 0 Å². The molecule has 1 rings (SSSR count). The first-order valence-corrected chi connectivity index (χ1v) is 4.77. The number of rotatable bonds is 5. The molecule has 0 radical (unpaired) electrons. The Bertz CT molecular complexity index is 393. The summed E-state index contributed by atoms with van der Waals surface area (Å²) in [6.45, 7) is 2.46. The van der Waals surface area contributed by atoms with Crippen molar-refractivity contribution in [2.75, 3.05) is 18.4 Å². The Labute approximate surface area is 92.7 Å². The van der Waals surface area contributed by atoms with Crippen LogP contribution in [0.2, 0.25) is 0 Å². The number of aromatic nitrogens is 1. The van der Waals surface area contributed by atoms with E-state index in [0.717, 1.165) is 0 Å². The third-order valence-corrected chi connectivity index (χ3v) is 1.81. The number of amides is 1. The molecule has 0 saturated heterocycles. The minimum absolute atomic E-state index is 0.00970. The molecule has 0 spiro atoms. The second-order valence-electron chi connectivity index (χ2n) is 3.14. The van der Waals surface area contributed by atoms with Gasteiger partial charge in [0.05, 0.1) is 0 Å². The zero-order valence-corrected chi connectivity index (χ0v) is 8.86. The van der Waals surface area contributed by atoms with E-state index in [2.05, 4.69) is 15.6 Å². The lowest BCUT2D eigenvalue weighted by Crippen LogP contribution is -2.26. The summed E-state index contributed by atoms with van der Waals surface area (Å²) < 4.78 is 0. The number of pyridine rings is 1. The molecule has 0 unspecified atom stereocenters. The van der Waals surface area contributed by atoms with Gasteiger partial charge in [0.2, 0.25) is 5.91 Å². The summed E-state index contributed by atoms with van der Waals surface area (Å²) in [4.78, 5) is 24.9. The Morgan fingerprint density at radius 1 is 1.44 bits per heavy atom. The van der Waals surface area contributed by atoms with Crippen LogP contribution in [-0.2, 0) is 4.79 Å². The number of carboxylic acids is 1. The van der Waals surface area contributed by atoms with Crippen molar-refractivity contribution in [2.24, 2.45) is 0 Å². The Balaban J connectivity index is 2.45. The van der Waals surface area contributed by atoms with Gasteiger partial charge in [-0.3, -0.25) is 4.79 Å². The van der Waals surface area contributed by atoms with E-state index in [1.165, 1.54) is 19.2 Å². The topological polar surface area (TPSA) is 91.3 Å². The molecule has 1 aromatic heterocycles. The fourth-order valence-electron chi connectivity index (χ4n) is 1.10. The molecule has 0 atom stereocenters. The Morgan fingerprint density at radius 2 is 2.19 bits per heavy atom. The average Bonchev–Trinajstić information content (AvgIpc) is 2.24. The largest absolute Gasteiger partial charge is 0.477 e. The van der Waals surface area contributed by atoms with Gasteiger partial charge in [-0.05, 0) is 12.1 Å². The maximum Gasteiger partial charge on any atom is 0.354 e. The van der Waals surface area contributed by atoms with E-state index in [4.69, 9.17) is 5.11 Å². The molecule has 0 fully saturated rings. The SMILES string of the molecule is CC(=O)NCCNc1ccnc(C(=O)O)c1. The number of aromatic carboxylic acids is 1. The van der Waals surface area contributed by atoms with Crippen LogP contribution >= 0.6 is 0 Å². The lowest BCUT2D eigenvalue weighted by atomic mass is 10.3. The van der Waals surface area contributed by atoms with E-state index in [0.29, 0.717) is 18.8 Å². The standard InChI is InChI=1S/C10H13N3O3/c1-7(14)11-4-5-12-8-2-3-13-9(6-8)10(15)16/h2-3,6H,4-5H2,1H3,(H,11,14)(H,12,13)(H,15,16). The number of anilines is 1. The quantitative estimate of drug-likeness (QED) is 0.625. The first-order valence-electron chi connectivity index (χ1n) is 4.77. The van der Waals surface area contributed by atoms with Crippen molar-refractivity contribution in [3.8, 4) is 0 Å². The minimum Gasteiger partial charge on any atom is -0.477 e. The number of nitrogens with zero attached hydrogens (tertiary/aromatic N) is 1. The Morgan fingerprint density at radius 3 is 2.81 bits per heavy atom. The first-order chi connectivity index (χ1) is 7.59. The molecule has 1 amide bonds. The van der Waals surface area contributed by atoms with Crippen LogP contribution in [0.1, 0.15) is 17.4 Å². The van der Waals surface area contributed by atoms with E-state index in [-0.39, 0.29) is 11.6 Å². The zero-order chi connectivity index (χ0) is 12.0. The first kappa shape index (κ1) is 12.0. The number of carboxylic acid groups (broad SMARTS) is 1. The van der Waals surface area contributed by atoms with Crippen LogP contribution in [0.25, 0.3) is 0 Å². The van der Waals surface area contributed by atoms with Crippen molar-refractivity contribution in [1.29, 1.82) is 0 Å². The summed E-state index contributed by atoms with van der Waals surface area (Å²) in [5.74, 6) is -1.16. The predicted octanol–water partition coefficient (Wildman–Crippen LogP) is 0.328. The number of carbonyl (C=O) groups is 2. The van der Waals surface area contributed by atoms with Gasteiger partial charge in [-0.2, -0.15) is 0 Å². The Kier molecular flexibility index (Phi) is 4.26. The molecular formula is C10H13N3O3. The molecule has 6 nitrogen and oxygen atoms in total. The molecule has 0 aromatic carbocycles. The molecule has 86 valence electrons. The smallest absolute Gasteiger partial charge is 0.354 e. The van der Waals surface area contributed by atoms with Crippen LogP contribution < -0.4 is 10.6 Å². The Hall–Kier alpha value is -2.11. The van der Waals surface area contributed by atoms with Crippen molar-refractivity contribution in [1.82, 2.24) is 10.3 Å². The average molecular weight is 223 g/mol. The third-order valence-electron chi connectivity index (χ3n) is 1.81. The monoisotopic (exact) mass is 223 g/mol. The van der Waals surface area contributed by atoms with E-state index in [1.54, 1.807) is 6.07 Å². The van der Waals surface area contributed by atoms with Crippen molar-refractivity contribution in [3.63, 3.8) is 0 Å².